The molecule has 0 spiro atoms. The third-order valence-corrected chi connectivity index (χ3v) is 6.31. The molecule has 140 valence electrons. The van der Waals surface area contributed by atoms with E-state index < -0.39 is 0 Å². The van der Waals surface area contributed by atoms with Crippen LogP contribution >= 0.6 is 22.6 Å². The molecule has 0 bridgehead atoms. The molecule has 0 saturated heterocycles. The minimum atomic E-state index is -0.142. The van der Waals surface area contributed by atoms with Crippen molar-refractivity contribution in [2.24, 2.45) is 5.92 Å². The zero-order valence-corrected chi connectivity index (χ0v) is 17.7. The third-order valence-electron chi connectivity index (χ3n) is 5.64. The van der Waals surface area contributed by atoms with Crippen LogP contribution in [0.4, 0.5) is 4.39 Å². The zero-order chi connectivity index (χ0) is 18.6. The van der Waals surface area contributed by atoms with Crippen LogP contribution in [0.15, 0.2) is 60.8 Å². The van der Waals surface area contributed by atoms with Gasteiger partial charge in [0.15, 0.2) is 0 Å². The Morgan fingerprint density at radius 1 is 0.963 bits per heavy atom. The molecule has 0 unspecified atom stereocenters. The van der Waals surface area contributed by atoms with Crippen molar-refractivity contribution < 1.29 is 4.39 Å². The fourth-order valence-electron chi connectivity index (χ4n) is 4.21. The van der Waals surface area contributed by atoms with E-state index in [1.807, 2.05) is 12.1 Å². The van der Waals surface area contributed by atoms with Crippen LogP contribution in [0.1, 0.15) is 43.4 Å². The van der Waals surface area contributed by atoms with Crippen LogP contribution in [0.5, 0.6) is 0 Å². The fourth-order valence-corrected chi connectivity index (χ4v) is 4.70. The highest BCUT2D eigenvalue weighted by Gasteiger charge is 2.18. The number of benzene rings is 2. The summed E-state index contributed by atoms with van der Waals surface area (Å²) in [6, 6.07) is 18.1. The minimum Gasteiger partial charge on any atom is -0.346 e. The lowest BCUT2D eigenvalue weighted by Gasteiger charge is -2.22. The predicted octanol–water partition coefficient (Wildman–Crippen LogP) is 7.07. The Morgan fingerprint density at radius 3 is 2.52 bits per heavy atom. The second-order valence-electron chi connectivity index (χ2n) is 7.67. The van der Waals surface area contributed by atoms with Crippen LogP contribution in [-0.2, 0) is 13.0 Å². The van der Waals surface area contributed by atoms with Crippen LogP contribution in [0.25, 0.3) is 11.1 Å². The molecule has 0 amide bonds. The van der Waals surface area contributed by atoms with Gasteiger partial charge in [0.2, 0.25) is 0 Å². The van der Waals surface area contributed by atoms with Crippen molar-refractivity contribution in [2.75, 3.05) is 0 Å². The van der Waals surface area contributed by atoms with E-state index in [0.29, 0.717) is 5.56 Å². The lowest BCUT2D eigenvalue weighted by molar-refractivity contribution is 0.351. The molecule has 1 fully saturated rings. The lowest BCUT2D eigenvalue weighted by atomic mass is 9.86. The number of hydrogen-bond donors (Lipinski definition) is 0. The molecule has 1 nitrogen and oxygen atoms in total. The molecule has 0 aliphatic heterocycles. The maximum absolute atomic E-state index is 14.5. The highest BCUT2D eigenvalue weighted by molar-refractivity contribution is 14.1. The van der Waals surface area contributed by atoms with Crippen LogP contribution in [0.2, 0.25) is 0 Å². The summed E-state index contributed by atoms with van der Waals surface area (Å²) in [6.07, 6.45) is 9.95. The molecule has 0 N–H and O–H groups in total. The van der Waals surface area contributed by atoms with Crippen molar-refractivity contribution in [2.45, 2.75) is 45.1 Å². The van der Waals surface area contributed by atoms with E-state index in [1.54, 1.807) is 6.07 Å². The minimum absolute atomic E-state index is 0.142. The normalized spacial score (nSPS) is 15.2. The quantitative estimate of drug-likeness (QED) is 0.350. The highest BCUT2D eigenvalue weighted by Crippen LogP contribution is 2.31. The SMILES string of the molecule is Fc1ccc(I)cc1-c1cc(CC2CCCCC2)n(Cc2ccccc2)c1. The zero-order valence-electron chi connectivity index (χ0n) is 15.5. The van der Waals surface area contributed by atoms with Gasteiger partial charge < -0.3 is 4.57 Å². The average molecular weight is 473 g/mol. The maximum atomic E-state index is 14.5. The molecule has 1 aromatic heterocycles. The van der Waals surface area contributed by atoms with Crippen LogP contribution < -0.4 is 0 Å². The summed E-state index contributed by atoms with van der Waals surface area (Å²) in [5.41, 5.74) is 4.32. The summed E-state index contributed by atoms with van der Waals surface area (Å²) in [4.78, 5) is 0. The number of halogens is 2. The maximum Gasteiger partial charge on any atom is 0.131 e. The van der Waals surface area contributed by atoms with E-state index in [4.69, 9.17) is 0 Å². The van der Waals surface area contributed by atoms with Crippen molar-refractivity contribution in [1.82, 2.24) is 4.57 Å². The van der Waals surface area contributed by atoms with Crippen molar-refractivity contribution in [3.8, 4) is 11.1 Å². The van der Waals surface area contributed by atoms with E-state index in [0.717, 1.165) is 28.0 Å². The second-order valence-corrected chi connectivity index (χ2v) is 8.91. The van der Waals surface area contributed by atoms with Gasteiger partial charge in [-0.3, -0.25) is 0 Å². The summed E-state index contributed by atoms with van der Waals surface area (Å²) in [7, 11) is 0. The number of rotatable bonds is 5. The Morgan fingerprint density at radius 2 is 1.74 bits per heavy atom. The first-order valence-electron chi connectivity index (χ1n) is 9.87. The summed E-state index contributed by atoms with van der Waals surface area (Å²) in [6.45, 7) is 0.842. The summed E-state index contributed by atoms with van der Waals surface area (Å²) in [5, 5.41) is 0. The van der Waals surface area contributed by atoms with E-state index in [2.05, 4.69) is 69.8 Å². The fraction of sp³-hybridized carbons (Fsp3) is 0.333. The van der Waals surface area contributed by atoms with Crippen molar-refractivity contribution in [1.29, 1.82) is 0 Å². The molecule has 0 atom stereocenters. The first-order chi connectivity index (χ1) is 13.2. The highest BCUT2D eigenvalue weighted by atomic mass is 127. The predicted molar refractivity (Wildman–Crippen MR) is 118 cm³/mol. The Labute approximate surface area is 174 Å². The van der Waals surface area contributed by atoms with Gasteiger partial charge in [-0.1, -0.05) is 62.4 Å². The molecule has 1 saturated carbocycles. The monoisotopic (exact) mass is 473 g/mol. The number of nitrogens with zero attached hydrogens (tertiary/aromatic N) is 1. The third kappa shape index (κ3) is 4.63. The van der Waals surface area contributed by atoms with Gasteiger partial charge >= 0.3 is 0 Å². The molecule has 1 heterocycles. The van der Waals surface area contributed by atoms with Gasteiger partial charge in [-0.25, -0.2) is 4.39 Å². The average Bonchev–Trinajstić information content (AvgIpc) is 3.07. The molecular formula is C24H25FIN. The summed E-state index contributed by atoms with van der Waals surface area (Å²) >= 11 is 2.25. The van der Waals surface area contributed by atoms with Crippen LogP contribution in [0, 0.1) is 15.3 Å². The molecular weight excluding hydrogens is 448 g/mol. The van der Waals surface area contributed by atoms with Crippen molar-refractivity contribution in [3.63, 3.8) is 0 Å². The molecule has 3 heteroatoms. The Bertz CT molecular complexity index is 894. The molecule has 0 radical (unpaired) electrons. The largest absolute Gasteiger partial charge is 0.346 e. The van der Waals surface area contributed by atoms with Crippen LogP contribution in [-0.4, -0.2) is 4.57 Å². The molecule has 3 aromatic rings. The first kappa shape index (κ1) is 18.7. The number of hydrogen-bond acceptors (Lipinski definition) is 0. The second kappa shape index (κ2) is 8.59. The van der Waals surface area contributed by atoms with E-state index >= 15 is 0 Å². The van der Waals surface area contributed by atoms with Gasteiger partial charge in [0.25, 0.3) is 0 Å². The van der Waals surface area contributed by atoms with Gasteiger partial charge in [-0.2, -0.15) is 0 Å². The lowest BCUT2D eigenvalue weighted by Crippen LogP contribution is -2.12. The Balaban J connectivity index is 1.68. The van der Waals surface area contributed by atoms with Gasteiger partial charge in [-0.05, 0) is 64.8 Å². The molecule has 1 aliphatic rings. The molecule has 27 heavy (non-hydrogen) atoms. The van der Waals surface area contributed by atoms with E-state index in [-0.39, 0.29) is 5.82 Å². The standard InChI is InChI=1S/C24H25FIN/c25-24-12-11-21(26)15-23(24)20-14-22(13-18-7-3-1-4-8-18)27(17-20)16-19-9-5-2-6-10-19/h2,5-6,9-12,14-15,17-18H,1,3-4,7-8,13,16H2. The Hall–Kier alpha value is -1.62. The molecule has 1 aliphatic carbocycles. The number of aromatic nitrogens is 1. The van der Waals surface area contributed by atoms with E-state index in [1.165, 1.54) is 43.4 Å². The van der Waals surface area contributed by atoms with Gasteiger partial charge in [0.1, 0.15) is 5.82 Å². The van der Waals surface area contributed by atoms with E-state index in [9.17, 15) is 4.39 Å². The Kier molecular flexibility index (Phi) is 5.96. The molecule has 2 aromatic carbocycles. The van der Waals surface area contributed by atoms with Crippen LogP contribution in [0.3, 0.4) is 0 Å². The smallest absolute Gasteiger partial charge is 0.131 e. The summed E-state index contributed by atoms with van der Waals surface area (Å²) in [5.74, 6) is 0.619. The van der Waals surface area contributed by atoms with Gasteiger partial charge in [0, 0.05) is 33.1 Å². The summed E-state index contributed by atoms with van der Waals surface area (Å²) < 4.78 is 17.9. The van der Waals surface area contributed by atoms with Crippen molar-refractivity contribution >= 4 is 22.6 Å². The topological polar surface area (TPSA) is 4.93 Å². The first-order valence-corrected chi connectivity index (χ1v) is 11.0. The molecule has 4 rings (SSSR count). The van der Waals surface area contributed by atoms with Gasteiger partial charge in [-0.15, -0.1) is 0 Å². The van der Waals surface area contributed by atoms with Gasteiger partial charge in [0.05, 0.1) is 0 Å². The van der Waals surface area contributed by atoms with Crippen molar-refractivity contribution in [3.05, 3.63) is 81.4 Å².